The quantitative estimate of drug-likeness (QED) is 0.417. The van der Waals surface area contributed by atoms with E-state index in [2.05, 4.69) is 30.3 Å². The lowest BCUT2D eigenvalue weighted by Gasteiger charge is -2.12. The van der Waals surface area contributed by atoms with Gasteiger partial charge in [0.05, 0.1) is 0 Å². The summed E-state index contributed by atoms with van der Waals surface area (Å²) in [6.07, 6.45) is 0. The van der Waals surface area contributed by atoms with Crippen LogP contribution in [0.5, 0.6) is 0 Å². The molecule has 0 radical (unpaired) electrons. The molecule has 0 aliphatic rings. The summed E-state index contributed by atoms with van der Waals surface area (Å²) in [5.41, 5.74) is 11.3. The molecule has 0 atom stereocenters. The Hall–Kier alpha value is -2.29. The monoisotopic (exact) mass is 335 g/mol. The molecule has 3 aromatic carbocycles. The van der Waals surface area contributed by atoms with E-state index in [1.165, 1.54) is 10.1 Å². The minimum atomic E-state index is 0.774. The van der Waals surface area contributed by atoms with Gasteiger partial charge in [-0.05, 0) is 23.3 Å². The maximum absolute atomic E-state index is 6.59. The first-order chi connectivity index (χ1) is 11.3. The highest BCUT2D eigenvalue weighted by molar-refractivity contribution is 7.23. The third kappa shape index (κ3) is 2.40. The van der Waals surface area contributed by atoms with Crippen LogP contribution in [0.1, 0.15) is 0 Å². The average molecular weight is 336 g/mol. The highest BCUT2D eigenvalue weighted by Crippen LogP contribution is 2.45. The van der Waals surface area contributed by atoms with Gasteiger partial charge >= 0.3 is 0 Å². The van der Waals surface area contributed by atoms with E-state index in [-0.39, 0.29) is 0 Å². The largest absolute Gasteiger partial charge is 0.398 e. The third-order valence-corrected chi connectivity index (χ3v) is 5.38. The Morgan fingerprint density at radius 2 is 1.30 bits per heavy atom. The fourth-order valence-corrected chi connectivity index (χ4v) is 4.34. The predicted octanol–water partition coefficient (Wildman–Crippen LogP) is 6.47. The van der Waals surface area contributed by atoms with Gasteiger partial charge in [-0.25, -0.2) is 0 Å². The number of nitrogens with two attached hydrogens (primary N) is 1. The van der Waals surface area contributed by atoms with Crippen molar-refractivity contribution in [3.8, 4) is 22.3 Å². The zero-order valence-corrected chi connectivity index (χ0v) is 13.9. The van der Waals surface area contributed by atoms with E-state index >= 15 is 0 Å². The van der Waals surface area contributed by atoms with Crippen LogP contribution in [0.15, 0.2) is 72.8 Å². The molecule has 4 aromatic rings. The minimum absolute atomic E-state index is 0.774. The zero-order valence-electron chi connectivity index (χ0n) is 12.3. The van der Waals surface area contributed by atoms with Gasteiger partial charge < -0.3 is 5.73 Å². The van der Waals surface area contributed by atoms with Crippen molar-refractivity contribution < 1.29 is 0 Å². The molecule has 0 unspecified atom stereocenters. The first-order valence-corrected chi connectivity index (χ1v) is 8.56. The van der Waals surface area contributed by atoms with Gasteiger partial charge in [-0.15, -0.1) is 11.3 Å². The van der Waals surface area contributed by atoms with Crippen molar-refractivity contribution in [2.75, 3.05) is 5.73 Å². The molecule has 0 fully saturated rings. The smallest absolute Gasteiger partial charge is 0.102 e. The molecular formula is C20H14ClNS. The van der Waals surface area contributed by atoms with E-state index in [9.17, 15) is 0 Å². The molecule has 1 aromatic heterocycles. The van der Waals surface area contributed by atoms with E-state index in [1.54, 1.807) is 11.3 Å². The Balaban J connectivity index is 2.04. The maximum Gasteiger partial charge on any atom is 0.102 e. The molecule has 0 bridgehead atoms. The van der Waals surface area contributed by atoms with Crippen LogP contribution in [-0.2, 0) is 0 Å². The van der Waals surface area contributed by atoms with Gasteiger partial charge in [-0.1, -0.05) is 72.3 Å². The number of anilines is 1. The molecule has 4 rings (SSSR count). The van der Waals surface area contributed by atoms with Crippen LogP contribution in [0.2, 0.25) is 4.34 Å². The minimum Gasteiger partial charge on any atom is -0.398 e. The molecule has 3 heteroatoms. The van der Waals surface area contributed by atoms with Crippen LogP contribution >= 0.6 is 22.9 Å². The van der Waals surface area contributed by atoms with Gasteiger partial charge in [0, 0.05) is 26.9 Å². The molecule has 0 amide bonds. The van der Waals surface area contributed by atoms with E-state index in [0.717, 1.165) is 32.3 Å². The van der Waals surface area contributed by atoms with Crippen LogP contribution in [0.4, 0.5) is 5.69 Å². The van der Waals surface area contributed by atoms with Gasteiger partial charge in [-0.2, -0.15) is 0 Å². The van der Waals surface area contributed by atoms with Crippen LogP contribution in [-0.4, -0.2) is 0 Å². The first kappa shape index (κ1) is 14.3. The van der Waals surface area contributed by atoms with Crippen LogP contribution in [0, 0.1) is 0 Å². The van der Waals surface area contributed by atoms with Gasteiger partial charge in [-0.3, -0.25) is 0 Å². The van der Waals surface area contributed by atoms with E-state index < -0.39 is 0 Å². The molecule has 0 aliphatic carbocycles. The highest BCUT2D eigenvalue weighted by Gasteiger charge is 2.16. The summed E-state index contributed by atoms with van der Waals surface area (Å²) < 4.78 is 2.01. The number of nitrogen functional groups attached to an aromatic ring is 1. The normalized spacial score (nSPS) is 11.0. The number of rotatable bonds is 2. The first-order valence-electron chi connectivity index (χ1n) is 7.37. The maximum atomic E-state index is 6.59. The summed E-state index contributed by atoms with van der Waals surface area (Å²) in [7, 11) is 0. The number of para-hydroxylation sites is 1. The molecule has 0 aliphatic heterocycles. The second-order valence-electron chi connectivity index (χ2n) is 5.38. The van der Waals surface area contributed by atoms with E-state index in [1.807, 2.05) is 42.5 Å². The summed E-state index contributed by atoms with van der Waals surface area (Å²) in [5.74, 6) is 0. The Labute approximate surface area is 144 Å². The highest BCUT2D eigenvalue weighted by atomic mass is 35.5. The third-order valence-electron chi connectivity index (χ3n) is 4.00. The molecular weight excluding hydrogens is 322 g/mol. The van der Waals surface area contributed by atoms with Gasteiger partial charge in [0.25, 0.3) is 0 Å². The van der Waals surface area contributed by atoms with Crippen LogP contribution in [0.25, 0.3) is 32.3 Å². The van der Waals surface area contributed by atoms with Crippen molar-refractivity contribution >= 4 is 38.7 Å². The second-order valence-corrected chi connectivity index (χ2v) is 7.03. The van der Waals surface area contributed by atoms with Crippen LogP contribution < -0.4 is 5.73 Å². The fourth-order valence-electron chi connectivity index (χ4n) is 2.94. The van der Waals surface area contributed by atoms with Crippen molar-refractivity contribution in [2.45, 2.75) is 0 Å². The number of halogens is 1. The number of fused-ring (bicyclic) bond motifs is 1. The average Bonchev–Trinajstić information content (AvgIpc) is 2.91. The molecule has 0 saturated carbocycles. The molecule has 0 saturated heterocycles. The standard InChI is InChI=1S/C20H14ClNS/c21-20-19(16-10-4-6-12-18(16)23-20)15-9-2-1-7-13(15)14-8-3-5-11-17(14)22/h1-12H,22H2. The molecule has 1 heterocycles. The lowest BCUT2D eigenvalue weighted by atomic mass is 9.93. The van der Waals surface area contributed by atoms with E-state index in [0.29, 0.717) is 0 Å². The SMILES string of the molecule is Nc1ccccc1-c1ccccc1-c1c(Cl)sc2ccccc12. The number of benzene rings is 3. The summed E-state index contributed by atoms with van der Waals surface area (Å²) in [6.45, 7) is 0. The zero-order chi connectivity index (χ0) is 15.8. The van der Waals surface area contributed by atoms with Crippen molar-refractivity contribution in [3.63, 3.8) is 0 Å². The Morgan fingerprint density at radius 3 is 2.09 bits per heavy atom. The summed E-state index contributed by atoms with van der Waals surface area (Å²) in [6, 6.07) is 24.6. The van der Waals surface area contributed by atoms with Crippen molar-refractivity contribution in [1.82, 2.24) is 0 Å². The Morgan fingerprint density at radius 1 is 0.696 bits per heavy atom. The number of hydrogen-bond donors (Lipinski definition) is 1. The molecule has 1 nitrogen and oxygen atoms in total. The molecule has 112 valence electrons. The van der Waals surface area contributed by atoms with Gasteiger partial charge in [0.1, 0.15) is 4.34 Å². The summed E-state index contributed by atoms with van der Waals surface area (Å²) >= 11 is 8.20. The molecule has 0 spiro atoms. The Kier molecular flexibility index (Phi) is 3.56. The van der Waals surface area contributed by atoms with Crippen LogP contribution in [0.3, 0.4) is 0 Å². The summed E-state index contributed by atoms with van der Waals surface area (Å²) in [5, 5.41) is 1.18. The number of thiophene rings is 1. The van der Waals surface area contributed by atoms with E-state index in [4.69, 9.17) is 17.3 Å². The topological polar surface area (TPSA) is 26.0 Å². The lowest BCUT2D eigenvalue weighted by Crippen LogP contribution is -1.91. The van der Waals surface area contributed by atoms with Crippen molar-refractivity contribution in [3.05, 3.63) is 77.1 Å². The van der Waals surface area contributed by atoms with Crippen molar-refractivity contribution in [1.29, 1.82) is 0 Å². The second kappa shape index (κ2) is 5.73. The fraction of sp³-hybridized carbons (Fsp3) is 0. The summed E-state index contributed by atoms with van der Waals surface area (Å²) in [4.78, 5) is 0. The number of hydrogen-bond acceptors (Lipinski definition) is 2. The molecule has 23 heavy (non-hydrogen) atoms. The predicted molar refractivity (Wildman–Crippen MR) is 102 cm³/mol. The van der Waals surface area contributed by atoms with Gasteiger partial charge in [0.2, 0.25) is 0 Å². The lowest BCUT2D eigenvalue weighted by molar-refractivity contribution is 1.60. The van der Waals surface area contributed by atoms with Crippen molar-refractivity contribution in [2.24, 2.45) is 0 Å². The van der Waals surface area contributed by atoms with Gasteiger partial charge in [0.15, 0.2) is 0 Å². The Bertz CT molecular complexity index is 1000. The molecule has 2 N–H and O–H groups in total.